The maximum atomic E-state index is 11.0. The van der Waals surface area contributed by atoms with Crippen molar-refractivity contribution in [2.45, 2.75) is 19.4 Å². The zero-order valence-electron chi connectivity index (χ0n) is 10.3. The van der Waals surface area contributed by atoms with Crippen molar-refractivity contribution in [2.24, 2.45) is 5.92 Å². The number of para-hydroxylation sites is 1. The summed E-state index contributed by atoms with van der Waals surface area (Å²) in [5.41, 5.74) is 6.93. The van der Waals surface area contributed by atoms with Gasteiger partial charge in [0.1, 0.15) is 0 Å². The molecule has 0 spiro atoms. The van der Waals surface area contributed by atoms with E-state index in [-0.39, 0.29) is 17.4 Å². The number of hydrogen-bond donors (Lipinski definition) is 3. The minimum Gasteiger partial charge on any atom is -0.478 e. The fourth-order valence-electron chi connectivity index (χ4n) is 2.19. The molecule has 0 aromatic heterocycles. The van der Waals surface area contributed by atoms with Crippen molar-refractivity contribution in [2.75, 3.05) is 24.2 Å². The Labute approximate surface area is 106 Å². The van der Waals surface area contributed by atoms with Crippen LogP contribution in [0.1, 0.15) is 23.7 Å². The summed E-state index contributed by atoms with van der Waals surface area (Å²) in [5, 5.41) is 12.2. The van der Waals surface area contributed by atoms with Crippen LogP contribution in [0.25, 0.3) is 0 Å². The number of benzene rings is 1. The molecule has 1 saturated heterocycles. The molecule has 4 N–H and O–H groups in total. The number of nitrogens with two attached hydrogens (primary N) is 1. The van der Waals surface area contributed by atoms with Gasteiger partial charge < -0.3 is 20.9 Å². The standard InChI is InChI=1S/C13H18N2O3/c1-8-9(5-6-18-8)7-15-11-4-2-3-10(12(11)14)13(16)17/h2-4,8-9,15H,5-7,14H2,1H3,(H,16,17). The van der Waals surface area contributed by atoms with E-state index < -0.39 is 5.97 Å². The number of carboxylic acids is 1. The lowest BCUT2D eigenvalue weighted by Gasteiger charge is -2.17. The van der Waals surface area contributed by atoms with Gasteiger partial charge in [0, 0.05) is 19.1 Å². The number of anilines is 2. The Bertz CT molecular complexity index is 448. The van der Waals surface area contributed by atoms with E-state index in [2.05, 4.69) is 12.2 Å². The molecule has 5 nitrogen and oxygen atoms in total. The number of nitrogens with one attached hydrogen (secondary N) is 1. The summed E-state index contributed by atoms with van der Waals surface area (Å²) in [4.78, 5) is 11.0. The summed E-state index contributed by atoms with van der Waals surface area (Å²) in [7, 11) is 0. The van der Waals surface area contributed by atoms with Crippen LogP contribution in [0.5, 0.6) is 0 Å². The molecule has 1 heterocycles. The molecule has 18 heavy (non-hydrogen) atoms. The maximum absolute atomic E-state index is 11.0. The van der Waals surface area contributed by atoms with Crippen LogP contribution in [0.15, 0.2) is 18.2 Å². The van der Waals surface area contributed by atoms with Gasteiger partial charge in [0.2, 0.25) is 0 Å². The summed E-state index contributed by atoms with van der Waals surface area (Å²) >= 11 is 0. The number of nitrogen functional groups attached to an aromatic ring is 1. The second-order valence-electron chi connectivity index (χ2n) is 4.58. The maximum Gasteiger partial charge on any atom is 0.337 e. The molecule has 1 aliphatic rings. The first-order chi connectivity index (χ1) is 8.59. The van der Waals surface area contributed by atoms with Crippen molar-refractivity contribution >= 4 is 17.3 Å². The smallest absolute Gasteiger partial charge is 0.337 e. The number of aromatic carboxylic acids is 1. The zero-order valence-corrected chi connectivity index (χ0v) is 10.3. The monoisotopic (exact) mass is 250 g/mol. The van der Waals surface area contributed by atoms with E-state index in [1.54, 1.807) is 12.1 Å². The lowest BCUT2D eigenvalue weighted by molar-refractivity contribution is 0.0698. The van der Waals surface area contributed by atoms with Gasteiger partial charge in [-0.2, -0.15) is 0 Å². The predicted octanol–water partition coefficient (Wildman–Crippen LogP) is 1.80. The Hall–Kier alpha value is -1.75. The van der Waals surface area contributed by atoms with Gasteiger partial charge in [-0.3, -0.25) is 0 Å². The zero-order chi connectivity index (χ0) is 13.1. The van der Waals surface area contributed by atoms with E-state index in [0.29, 0.717) is 11.6 Å². The molecular formula is C13H18N2O3. The molecule has 0 saturated carbocycles. The molecule has 0 radical (unpaired) electrons. The first-order valence-electron chi connectivity index (χ1n) is 6.07. The van der Waals surface area contributed by atoms with Crippen LogP contribution in [0.4, 0.5) is 11.4 Å². The SMILES string of the molecule is CC1OCCC1CNc1cccc(C(=O)O)c1N. The number of hydrogen-bond acceptors (Lipinski definition) is 4. The van der Waals surface area contributed by atoms with Crippen molar-refractivity contribution in [1.82, 2.24) is 0 Å². The van der Waals surface area contributed by atoms with E-state index in [1.165, 1.54) is 6.07 Å². The Morgan fingerprint density at radius 2 is 2.39 bits per heavy atom. The molecule has 0 bridgehead atoms. The van der Waals surface area contributed by atoms with Crippen LogP contribution in [0.2, 0.25) is 0 Å². The molecule has 2 rings (SSSR count). The Kier molecular flexibility index (Phi) is 3.72. The Morgan fingerprint density at radius 1 is 1.61 bits per heavy atom. The van der Waals surface area contributed by atoms with Gasteiger partial charge in [0.25, 0.3) is 0 Å². The molecule has 5 heteroatoms. The van der Waals surface area contributed by atoms with Gasteiger partial charge in [-0.15, -0.1) is 0 Å². The van der Waals surface area contributed by atoms with Crippen LogP contribution in [-0.4, -0.2) is 30.3 Å². The predicted molar refractivity (Wildman–Crippen MR) is 69.8 cm³/mol. The van der Waals surface area contributed by atoms with Gasteiger partial charge in [-0.1, -0.05) is 6.07 Å². The molecule has 98 valence electrons. The topological polar surface area (TPSA) is 84.6 Å². The van der Waals surface area contributed by atoms with Gasteiger partial charge in [0.15, 0.2) is 0 Å². The minimum atomic E-state index is -1.01. The number of carbonyl (C=O) groups is 1. The molecule has 1 aromatic rings. The summed E-state index contributed by atoms with van der Waals surface area (Å²) in [6.07, 6.45) is 1.26. The van der Waals surface area contributed by atoms with Crippen LogP contribution in [0, 0.1) is 5.92 Å². The van der Waals surface area contributed by atoms with Crippen molar-refractivity contribution < 1.29 is 14.6 Å². The number of rotatable bonds is 4. The van der Waals surface area contributed by atoms with Crippen molar-refractivity contribution in [3.05, 3.63) is 23.8 Å². The molecule has 2 atom stereocenters. The summed E-state index contributed by atoms with van der Waals surface area (Å²) < 4.78 is 5.48. The van der Waals surface area contributed by atoms with Gasteiger partial charge >= 0.3 is 5.97 Å². The molecule has 1 aromatic carbocycles. The first-order valence-corrected chi connectivity index (χ1v) is 6.07. The second kappa shape index (κ2) is 5.27. The highest BCUT2D eigenvalue weighted by Gasteiger charge is 2.24. The fourth-order valence-corrected chi connectivity index (χ4v) is 2.19. The van der Waals surface area contributed by atoms with E-state index in [1.807, 2.05) is 0 Å². The van der Waals surface area contributed by atoms with Crippen LogP contribution in [-0.2, 0) is 4.74 Å². The van der Waals surface area contributed by atoms with E-state index >= 15 is 0 Å². The summed E-state index contributed by atoms with van der Waals surface area (Å²) in [6, 6.07) is 4.99. The molecule has 0 amide bonds. The van der Waals surface area contributed by atoms with E-state index in [4.69, 9.17) is 15.6 Å². The van der Waals surface area contributed by atoms with Crippen LogP contribution < -0.4 is 11.1 Å². The average Bonchev–Trinajstić information content (AvgIpc) is 2.73. The third-order valence-corrected chi connectivity index (χ3v) is 3.42. The molecule has 1 fully saturated rings. The van der Waals surface area contributed by atoms with Gasteiger partial charge in [0.05, 0.1) is 23.0 Å². The van der Waals surface area contributed by atoms with E-state index in [9.17, 15) is 4.79 Å². The lowest BCUT2D eigenvalue weighted by atomic mass is 10.0. The summed E-state index contributed by atoms with van der Waals surface area (Å²) in [5.74, 6) is -0.563. The highest BCUT2D eigenvalue weighted by molar-refractivity contribution is 5.97. The Balaban J connectivity index is 2.05. The quantitative estimate of drug-likeness (QED) is 0.710. The third-order valence-electron chi connectivity index (χ3n) is 3.42. The highest BCUT2D eigenvalue weighted by atomic mass is 16.5. The van der Waals surface area contributed by atoms with Crippen LogP contribution >= 0.6 is 0 Å². The largest absolute Gasteiger partial charge is 0.478 e. The van der Waals surface area contributed by atoms with Crippen molar-refractivity contribution in [3.63, 3.8) is 0 Å². The molecule has 0 aliphatic carbocycles. The third kappa shape index (κ3) is 2.56. The Morgan fingerprint density at radius 3 is 3.00 bits per heavy atom. The number of ether oxygens (including phenoxy) is 1. The number of carboxylic acid groups (broad SMARTS) is 1. The fraction of sp³-hybridized carbons (Fsp3) is 0.462. The van der Waals surface area contributed by atoms with Crippen molar-refractivity contribution in [1.29, 1.82) is 0 Å². The van der Waals surface area contributed by atoms with Crippen LogP contribution in [0.3, 0.4) is 0 Å². The lowest BCUT2D eigenvalue weighted by Crippen LogP contribution is -2.21. The molecule has 1 aliphatic heterocycles. The first kappa shape index (κ1) is 12.7. The molecule has 2 unspecified atom stereocenters. The average molecular weight is 250 g/mol. The van der Waals surface area contributed by atoms with Crippen molar-refractivity contribution in [3.8, 4) is 0 Å². The van der Waals surface area contributed by atoms with Gasteiger partial charge in [-0.25, -0.2) is 4.79 Å². The second-order valence-corrected chi connectivity index (χ2v) is 4.58. The highest BCUT2D eigenvalue weighted by Crippen LogP contribution is 2.25. The normalized spacial score (nSPS) is 22.9. The minimum absolute atomic E-state index is 0.135. The molecular weight excluding hydrogens is 232 g/mol. The van der Waals surface area contributed by atoms with Gasteiger partial charge in [-0.05, 0) is 25.5 Å². The summed E-state index contributed by atoms with van der Waals surface area (Å²) in [6.45, 7) is 3.59. The van der Waals surface area contributed by atoms with E-state index in [0.717, 1.165) is 19.6 Å².